The highest BCUT2D eigenvalue weighted by molar-refractivity contribution is 5.96. The van der Waals surface area contributed by atoms with Crippen molar-refractivity contribution in [3.63, 3.8) is 0 Å². The van der Waals surface area contributed by atoms with Gasteiger partial charge in [-0.25, -0.2) is 0 Å². The van der Waals surface area contributed by atoms with Crippen LogP contribution in [0.1, 0.15) is 30.6 Å². The van der Waals surface area contributed by atoms with Crippen LogP contribution in [-0.2, 0) is 4.79 Å². The van der Waals surface area contributed by atoms with Crippen molar-refractivity contribution in [2.45, 2.75) is 26.3 Å². The number of hydrogen-bond donors (Lipinski definition) is 3. The molecule has 1 atom stereocenters. The lowest BCUT2D eigenvalue weighted by Gasteiger charge is -2.12. The number of hydrogen-bond acceptors (Lipinski definition) is 4. The Hall–Kier alpha value is -3.28. The van der Waals surface area contributed by atoms with Crippen molar-refractivity contribution in [1.82, 2.24) is 5.32 Å². The molecule has 0 spiro atoms. The lowest BCUT2D eigenvalue weighted by molar-refractivity contribution is -0.114. The molecule has 2 amide bonds. The van der Waals surface area contributed by atoms with E-state index in [2.05, 4.69) is 22.5 Å². The van der Waals surface area contributed by atoms with Crippen LogP contribution in [0.5, 0.6) is 5.75 Å². The number of anilines is 2. The molecule has 6 nitrogen and oxygen atoms in total. The van der Waals surface area contributed by atoms with Crippen molar-refractivity contribution in [3.05, 3.63) is 66.7 Å². The summed E-state index contributed by atoms with van der Waals surface area (Å²) >= 11 is 0. The molecule has 0 aromatic heterocycles. The monoisotopic (exact) mass is 381 g/mol. The molecule has 2 aromatic rings. The molecular formula is C22H27N3O3. The number of rotatable bonds is 10. The Morgan fingerprint density at radius 3 is 2.57 bits per heavy atom. The minimum atomic E-state index is -0.186. The van der Waals surface area contributed by atoms with E-state index in [9.17, 15) is 9.59 Å². The molecule has 0 bridgehead atoms. The van der Waals surface area contributed by atoms with Gasteiger partial charge in [-0.05, 0) is 49.7 Å². The Balaban J connectivity index is 1.84. The van der Waals surface area contributed by atoms with E-state index in [0.717, 1.165) is 12.1 Å². The van der Waals surface area contributed by atoms with Crippen LogP contribution in [-0.4, -0.2) is 31.0 Å². The van der Waals surface area contributed by atoms with Crippen molar-refractivity contribution in [2.75, 3.05) is 23.8 Å². The summed E-state index contributed by atoms with van der Waals surface area (Å²) in [5.74, 6) is 0.401. The number of benzene rings is 2. The minimum Gasteiger partial charge on any atom is -0.489 e. The van der Waals surface area contributed by atoms with Crippen LogP contribution < -0.4 is 20.7 Å². The van der Waals surface area contributed by atoms with Gasteiger partial charge in [-0.3, -0.25) is 9.59 Å². The van der Waals surface area contributed by atoms with Gasteiger partial charge in [0, 0.05) is 29.0 Å². The van der Waals surface area contributed by atoms with Gasteiger partial charge in [0.15, 0.2) is 0 Å². The van der Waals surface area contributed by atoms with Crippen LogP contribution in [0.2, 0.25) is 0 Å². The Bertz CT molecular complexity index is 803. The molecule has 0 saturated carbocycles. The Morgan fingerprint density at radius 1 is 1.14 bits per heavy atom. The highest BCUT2D eigenvalue weighted by Gasteiger charge is 2.09. The van der Waals surface area contributed by atoms with Gasteiger partial charge >= 0.3 is 0 Å². The second-order valence-corrected chi connectivity index (χ2v) is 6.39. The molecule has 0 aliphatic rings. The second-order valence-electron chi connectivity index (χ2n) is 6.39. The molecular weight excluding hydrogens is 354 g/mol. The molecule has 6 heteroatoms. The summed E-state index contributed by atoms with van der Waals surface area (Å²) < 4.78 is 5.47. The maximum atomic E-state index is 12.1. The van der Waals surface area contributed by atoms with Gasteiger partial charge in [0.1, 0.15) is 12.4 Å². The summed E-state index contributed by atoms with van der Waals surface area (Å²) in [7, 11) is 0. The Kier molecular flexibility index (Phi) is 8.09. The van der Waals surface area contributed by atoms with E-state index in [1.165, 1.54) is 0 Å². The first-order valence-corrected chi connectivity index (χ1v) is 9.30. The zero-order valence-electron chi connectivity index (χ0n) is 16.3. The molecule has 0 fully saturated rings. The highest BCUT2D eigenvalue weighted by Crippen LogP contribution is 2.17. The van der Waals surface area contributed by atoms with E-state index < -0.39 is 0 Å². The first-order valence-electron chi connectivity index (χ1n) is 9.30. The molecule has 2 aromatic carbocycles. The normalized spacial score (nSPS) is 11.2. The largest absolute Gasteiger partial charge is 0.489 e. The van der Waals surface area contributed by atoms with Gasteiger partial charge in [-0.1, -0.05) is 25.6 Å². The second kappa shape index (κ2) is 10.8. The van der Waals surface area contributed by atoms with Crippen LogP contribution in [0.25, 0.3) is 0 Å². The van der Waals surface area contributed by atoms with Gasteiger partial charge in [-0.15, -0.1) is 0 Å². The fraction of sp³-hybridized carbons (Fsp3) is 0.273. The summed E-state index contributed by atoms with van der Waals surface area (Å²) in [4.78, 5) is 24.2. The van der Waals surface area contributed by atoms with Crippen LogP contribution in [0.3, 0.4) is 0 Å². The van der Waals surface area contributed by atoms with Crippen LogP contribution in [0, 0.1) is 0 Å². The zero-order valence-corrected chi connectivity index (χ0v) is 16.3. The fourth-order valence-electron chi connectivity index (χ4n) is 2.35. The van der Waals surface area contributed by atoms with Crippen LogP contribution >= 0.6 is 0 Å². The van der Waals surface area contributed by atoms with Gasteiger partial charge < -0.3 is 20.7 Å². The predicted octanol–water partition coefficient (Wildman–Crippen LogP) is 3.83. The zero-order chi connectivity index (χ0) is 20.4. The average molecular weight is 381 g/mol. The maximum Gasteiger partial charge on any atom is 0.251 e. The lowest BCUT2D eigenvalue weighted by atomic mass is 10.1. The number of carbonyl (C=O) groups is 2. The molecule has 0 saturated heterocycles. The van der Waals surface area contributed by atoms with Gasteiger partial charge in [-0.2, -0.15) is 0 Å². The number of nitrogens with one attached hydrogen (secondary N) is 3. The summed E-state index contributed by atoms with van der Waals surface area (Å²) in [5, 5.41) is 8.77. The summed E-state index contributed by atoms with van der Waals surface area (Å²) in [6.07, 6.45) is 2.54. The van der Waals surface area contributed by atoms with E-state index in [-0.39, 0.29) is 24.4 Å². The average Bonchev–Trinajstić information content (AvgIpc) is 2.71. The number of carbonyl (C=O) groups excluding carboxylic acids is 2. The van der Waals surface area contributed by atoms with Gasteiger partial charge in [0.2, 0.25) is 5.91 Å². The van der Waals surface area contributed by atoms with E-state index in [0.29, 0.717) is 23.6 Å². The third-order valence-corrected chi connectivity index (χ3v) is 4.08. The molecule has 1 unspecified atom stereocenters. The number of amides is 2. The molecule has 0 radical (unpaired) electrons. The van der Waals surface area contributed by atoms with Crippen molar-refractivity contribution in [2.24, 2.45) is 0 Å². The van der Waals surface area contributed by atoms with E-state index in [1.54, 1.807) is 30.3 Å². The van der Waals surface area contributed by atoms with Gasteiger partial charge in [0.05, 0.1) is 6.54 Å². The highest BCUT2D eigenvalue weighted by atomic mass is 16.5. The molecule has 0 aliphatic carbocycles. The smallest absolute Gasteiger partial charge is 0.251 e. The summed E-state index contributed by atoms with van der Waals surface area (Å²) in [5.41, 5.74) is 1.98. The van der Waals surface area contributed by atoms with E-state index in [1.807, 2.05) is 38.1 Å². The first kappa shape index (κ1) is 21.0. The van der Waals surface area contributed by atoms with Crippen LogP contribution in [0.15, 0.2) is 61.2 Å². The SMILES string of the molecule is C=CCOc1cccc(NCC(=O)Nc2ccc(C(=O)NC(C)CC)cc2)c1. The molecule has 2 rings (SSSR count). The van der Waals surface area contributed by atoms with Crippen molar-refractivity contribution in [1.29, 1.82) is 0 Å². The maximum absolute atomic E-state index is 12.1. The van der Waals surface area contributed by atoms with Crippen LogP contribution in [0.4, 0.5) is 11.4 Å². The molecule has 148 valence electrons. The summed E-state index contributed by atoms with van der Waals surface area (Å²) in [6, 6.07) is 14.3. The Morgan fingerprint density at radius 2 is 1.89 bits per heavy atom. The van der Waals surface area contributed by atoms with Crippen molar-refractivity contribution < 1.29 is 14.3 Å². The van der Waals surface area contributed by atoms with Crippen molar-refractivity contribution >= 4 is 23.2 Å². The topological polar surface area (TPSA) is 79.5 Å². The van der Waals surface area contributed by atoms with E-state index >= 15 is 0 Å². The molecule has 0 heterocycles. The third kappa shape index (κ3) is 6.79. The van der Waals surface area contributed by atoms with Gasteiger partial charge in [0.25, 0.3) is 5.91 Å². The minimum absolute atomic E-state index is 0.112. The lowest BCUT2D eigenvalue weighted by Crippen LogP contribution is -2.31. The third-order valence-electron chi connectivity index (χ3n) is 4.08. The molecule has 28 heavy (non-hydrogen) atoms. The Labute approximate surface area is 166 Å². The quantitative estimate of drug-likeness (QED) is 0.547. The first-order chi connectivity index (χ1) is 13.5. The predicted molar refractivity (Wildman–Crippen MR) is 113 cm³/mol. The summed E-state index contributed by atoms with van der Waals surface area (Å²) in [6.45, 7) is 8.13. The van der Waals surface area contributed by atoms with E-state index in [4.69, 9.17) is 4.74 Å². The molecule has 0 aliphatic heterocycles. The fourth-order valence-corrected chi connectivity index (χ4v) is 2.35. The standard InChI is InChI=1S/C22H27N3O3/c1-4-13-28-20-8-6-7-19(14-20)23-15-21(26)25-18-11-9-17(10-12-18)22(27)24-16(3)5-2/h4,6-12,14,16,23H,1,5,13,15H2,2-3H3,(H,24,27)(H,25,26). The number of ether oxygens (including phenoxy) is 1. The van der Waals surface area contributed by atoms with Crippen molar-refractivity contribution in [3.8, 4) is 5.75 Å². The molecule has 3 N–H and O–H groups in total.